The molecule has 0 unspecified atom stereocenters. The number of anilines is 1. The van der Waals surface area contributed by atoms with Crippen LogP contribution >= 0.6 is 23.2 Å². The number of hydrogen-bond donors (Lipinski definition) is 2. The molecule has 0 spiro atoms. The van der Waals surface area contributed by atoms with Crippen molar-refractivity contribution in [3.63, 3.8) is 0 Å². The Morgan fingerprint density at radius 2 is 1.92 bits per heavy atom. The molecule has 2 amide bonds. The normalized spacial score (nSPS) is 10.2. The van der Waals surface area contributed by atoms with Gasteiger partial charge in [-0.05, 0) is 49.2 Å². The summed E-state index contributed by atoms with van der Waals surface area (Å²) in [6.45, 7) is 2.42. The molecule has 2 N–H and O–H groups in total. The molecule has 2 aromatic rings. The first-order valence-electron chi connectivity index (χ1n) is 7.75. The highest BCUT2D eigenvalue weighted by Gasteiger charge is 2.08. The summed E-state index contributed by atoms with van der Waals surface area (Å²) in [4.78, 5) is 23.7. The van der Waals surface area contributed by atoms with Gasteiger partial charge in [0.15, 0.2) is 0 Å². The second kappa shape index (κ2) is 9.30. The maximum absolute atomic E-state index is 12.2. The number of carbonyl (C=O) groups is 2. The van der Waals surface area contributed by atoms with Gasteiger partial charge in [0.05, 0.1) is 6.61 Å². The molecule has 0 fully saturated rings. The Morgan fingerprint density at radius 1 is 1.12 bits per heavy atom. The Kier molecular flexibility index (Phi) is 7.10. The van der Waals surface area contributed by atoms with Gasteiger partial charge in [-0.25, -0.2) is 4.79 Å². The van der Waals surface area contributed by atoms with E-state index in [-0.39, 0.29) is 12.5 Å². The third-order valence-corrected chi connectivity index (χ3v) is 3.93. The average Bonchev–Trinajstić information content (AvgIpc) is 2.57. The standard InChI is InChI=1S/C18H18Cl2N2O3/c1-2-25-18(24)22-15-5-3-4-13(10-15)17(23)21-9-8-12-6-7-14(19)11-16(12)20/h3-7,10-11H,2,8-9H2,1H3,(H,21,23)(H,22,24). The lowest BCUT2D eigenvalue weighted by Gasteiger charge is -2.09. The van der Waals surface area contributed by atoms with Crippen LogP contribution < -0.4 is 10.6 Å². The SMILES string of the molecule is CCOC(=O)Nc1cccc(C(=O)NCCc2ccc(Cl)cc2Cl)c1. The van der Waals surface area contributed by atoms with Gasteiger partial charge in [-0.1, -0.05) is 35.3 Å². The fourth-order valence-corrected chi connectivity index (χ4v) is 2.66. The summed E-state index contributed by atoms with van der Waals surface area (Å²) >= 11 is 12.0. The quantitative estimate of drug-likeness (QED) is 0.772. The second-order valence-electron chi connectivity index (χ2n) is 5.17. The highest BCUT2D eigenvalue weighted by molar-refractivity contribution is 6.35. The Balaban J connectivity index is 1.91. The number of nitrogens with one attached hydrogen (secondary N) is 2. The van der Waals surface area contributed by atoms with Crippen molar-refractivity contribution in [2.45, 2.75) is 13.3 Å². The smallest absolute Gasteiger partial charge is 0.411 e. The van der Waals surface area contributed by atoms with Crippen LogP contribution in [0.5, 0.6) is 0 Å². The first-order valence-corrected chi connectivity index (χ1v) is 8.51. The lowest BCUT2D eigenvalue weighted by molar-refractivity contribution is 0.0954. The predicted molar refractivity (Wildman–Crippen MR) is 99.6 cm³/mol. The van der Waals surface area contributed by atoms with Crippen LogP contribution in [0.3, 0.4) is 0 Å². The Morgan fingerprint density at radius 3 is 2.64 bits per heavy atom. The molecule has 0 saturated heterocycles. The summed E-state index contributed by atoms with van der Waals surface area (Å²) in [5, 5.41) is 6.53. The van der Waals surface area contributed by atoms with Gasteiger partial charge in [-0.3, -0.25) is 10.1 Å². The predicted octanol–water partition coefficient (Wildman–Crippen LogP) is 4.53. The van der Waals surface area contributed by atoms with E-state index in [2.05, 4.69) is 10.6 Å². The van der Waals surface area contributed by atoms with Crippen LogP contribution in [0, 0.1) is 0 Å². The minimum absolute atomic E-state index is 0.238. The van der Waals surface area contributed by atoms with Gasteiger partial charge in [-0.2, -0.15) is 0 Å². The molecule has 0 aliphatic rings. The van der Waals surface area contributed by atoms with Gasteiger partial charge in [0.2, 0.25) is 0 Å². The van der Waals surface area contributed by atoms with E-state index in [4.69, 9.17) is 27.9 Å². The lowest BCUT2D eigenvalue weighted by atomic mass is 10.1. The van der Waals surface area contributed by atoms with Crippen LogP contribution in [0.1, 0.15) is 22.8 Å². The molecular weight excluding hydrogens is 363 g/mol. The molecule has 7 heteroatoms. The molecule has 132 valence electrons. The highest BCUT2D eigenvalue weighted by atomic mass is 35.5. The van der Waals surface area contributed by atoms with Crippen LogP contribution in [0.15, 0.2) is 42.5 Å². The van der Waals surface area contributed by atoms with Crippen molar-refractivity contribution in [2.75, 3.05) is 18.5 Å². The van der Waals surface area contributed by atoms with E-state index < -0.39 is 6.09 Å². The van der Waals surface area contributed by atoms with Crippen LogP contribution in [-0.2, 0) is 11.2 Å². The van der Waals surface area contributed by atoms with Crippen LogP contribution in [0.2, 0.25) is 10.0 Å². The zero-order valence-electron chi connectivity index (χ0n) is 13.6. The van der Waals surface area contributed by atoms with Crippen molar-refractivity contribution in [3.8, 4) is 0 Å². The topological polar surface area (TPSA) is 67.4 Å². The summed E-state index contributed by atoms with van der Waals surface area (Å²) in [5.41, 5.74) is 1.84. The minimum Gasteiger partial charge on any atom is -0.450 e. The van der Waals surface area contributed by atoms with Crippen LogP contribution in [0.4, 0.5) is 10.5 Å². The molecule has 0 aromatic heterocycles. The number of ether oxygens (including phenoxy) is 1. The number of benzene rings is 2. The van der Waals surface area contributed by atoms with Crippen LogP contribution in [-0.4, -0.2) is 25.2 Å². The second-order valence-corrected chi connectivity index (χ2v) is 6.01. The maximum atomic E-state index is 12.2. The van der Waals surface area contributed by atoms with E-state index in [9.17, 15) is 9.59 Å². The molecule has 0 aliphatic heterocycles. The van der Waals surface area contributed by atoms with Gasteiger partial charge in [0.1, 0.15) is 0 Å². The first kappa shape index (κ1) is 19.1. The molecule has 0 bridgehead atoms. The monoisotopic (exact) mass is 380 g/mol. The number of carbonyl (C=O) groups excluding carboxylic acids is 2. The molecule has 2 rings (SSSR count). The van der Waals surface area contributed by atoms with Crippen molar-refractivity contribution in [1.29, 1.82) is 0 Å². The summed E-state index contributed by atoms with van der Waals surface area (Å²) in [6.07, 6.45) is 0.0279. The van der Waals surface area contributed by atoms with Crippen molar-refractivity contribution in [1.82, 2.24) is 5.32 Å². The summed E-state index contributed by atoms with van der Waals surface area (Å²) < 4.78 is 4.81. The highest BCUT2D eigenvalue weighted by Crippen LogP contribution is 2.21. The zero-order valence-corrected chi connectivity index (χ0v) is 15.2. The molecule has 0 saturated carbocycles. The number of rotatable bonds is 6. The summed E-state index contributed by atoms with van der Waals surface area (Å²) in [5.74, 6) is -0.238. The Bertz CT molecular complexity index is 766. The number of hydrogen-bond acceptors (Lipinski definition) is 3. The Hall–Kier alpha value is -2.24. The first-order chi connectivity index (χ1) is 12.0. The van der Waals surface area contributed by atoms with Crippen molar-refractivity contribution >= 4 is 40.9 Å². The zero-order chi connectivity index (χ0) is 18.2. The third-order valence-electron chi connectivity index (χ3n) is 3.34. The van der Waals surface area contributed by atoms with E-state index in [1.54, 1.807) is 43.3 Å². The number of amides is 2. The molecule has 5 nitrogen and oxygen atoms in total. The summed E-state index contributed by atoms with van der Waals surface area (Å²) in [6, 6.07) is 11.9. The third kappa shape index (κ3) is 5.96. The van der Waals surface area contributed by atoms with E-state index in [1.807, 2.05) is 6.07 Å². The average molecular weight is 381 g/mol. The molecule has 0 atom stereocenters. The fourth-order valence-electron chi connectivity index (χ4n) is 2.16. The van der Waals surface area contributed by atoms with Gasteiger partial charge >= 0.3 is 6.09 Å². The molecular formula is C18H18Cl2N2O3. The lowest BCUT2D eigenvalue weighted by Crippen LogP contribution is -2.26. The van der Waals surface area contributed by atoms with E-state index in [0.717, 1.165) is 5.56 Å². The number of halogens is 2. The van der Waals surface area contributed by atoms with E-state index >= 15 is 0 Å². The summed E-state index contributed by atoms with van der Waals surface area (Å²) in [7, 11) is 0. The van der Waals surface area contributed by atoms with E-state index in [0.29, 0.717) is 34.3 Å². The maximum Gasteiger partial charge on any atom is 0.411 e. The fraction of sp³-hybridized carbons (Fsp3) is 0.222. The van der Waals surface area contributed by atoms with Gasteiger partial charge in [0, 0.05) is 27.8 Å². The largest absolute Gasteiger partial charge is 0.450 e. The van der Waals surface area contributed by atoms with Gasteiger partial charge in [0.25, 0.3) is 5.91 Å². The van der Waals surface area contributed by atoms with Gasteiger partial charge in [-0.15, -0.1) is 0 Å². The van der Waals surface area contributed by atoms with Crippen molar-refractivity contribution < 1.29 is 14.3 Å². The molecule has 2 aromatic carbocycles. The molecule has 25 heavy (non-hydrogen) atoms. The van der Waals surface area contributed by atoms with Crippen molar-refractivity contribution in [2.24, 2.45) is 0 Å². The molecule has 0 heterocycles. The van der Waals surface area contributed by atoms with Gasteiger partial charge < -0.3 is 10.1 Å². The van der Waals surface area contributed by atoms with Crippen LogP contribution in [0.25, 0.3) is 0 Å². The Labute approximate surface area is 156 Å². The minimum atomic E-state index is -0.558. The molecule has 0 aliphatic carbocycles. The van der Waals surface area contributed by atoms with Crippen molar-refractivity contribution in [3.05, 3.63) is 63.6 Å². The molecule has 0 radical (unpaired) electrons. The van der Waals surface area contributed by atoms with E-state index in [1.165, 1.54) is 0 Å².